The van der Waals surface area contributed by atoms with Crippen LogP contribution in [0, 0.1) is 6.92 Å². The van der Waals surface area contributed by atoms with Gasteiger partial charge >= 0.3 is 5.69 Å². The van der Waals surface area contributed by atoms with E-state index in [1.54, 1.807) is 25.6 Å². The van der Waals surface area contributed by atoms with E-state index in [0.29, 0.717) is 15.9 Å². The number of carbonyl (C=O) groups is 1. The van der Waals surface area contributed by atoms with Crippen LogP contribution >= 0.6 is 23.1 Å². The number of thioether (sulfide) groups is 1. The Balaban J connectivity index is 1.85. The summed E-state index contributed by atoms with van der Waals surface area (Å²) < 4.78 is 4.00. The number of aryl methyl sites for hydroxylation is 3. The Hall–Kier alpha value is -2.47. The van der Waals surface area contributed by atoms with E-state index < -0.39 is 11.2 Å². The minimum atomic E-state index is -0.464. The number of imidazole rings is 1. The maximum absolute atomic E-state index is 12.2. The summed E-state index contributed by atoms with van der Waals surface area (Å²) in [7, 11) is 4.68. The Bertz CT molecular complexity index is 1090. The van der Waals surface area contributed by atoms with E-state index in [1.807, 2.05) is 0 Å². The van der Waals surface area contributed by atoms with Gasteiger partial charge in [0, 0.05) is 21.1 Å². The molecule has 0 fully saturated rings. The van der Waals surface area contributed by atoms with Crippen molar-refractivity contribution in [3.8, 4) is 0 Å². The fourth-order valence-corrected chi connectivity index (χ4v) is 3.70. The maximum Gasteiger partial charge on any atom is 0.332 e. The van der Waals surface area contributed by atoms with E-state index >= 15 is 0 Å². The topological polar surface area (TPSA) is 117 Å². The molecule has 3 rings (SSSR count). The summed E-state index contributed by atoms with van der Waals surface area (Å²) in [6.07, 6.45) is 0. The van der Waals surface area contributed by atoms with Crippen LogP contribution in [0.1, 0.15) is 5.01 Å². The number of hydrogen-bond acceptors (Lipinski definition) is 8. The predicted octanol–water partition coefficient (Wildman–Crippen LogP) is -0.139. The average molecular weight is 381 g/mol. The molecule has 1 amide bonds. The van der Waals surface area contributed by atoms with E-state index in [0.717, 1.165) is 9.57 Å². The molecule has 0 spiro atoms. The highest BCUT2D eigenvalue weighted by Gasteiger charge is 2.18. The molecule has 0 aliphatic rings. The summed E-state index contributed by atoms with van der Waals surface area (Å²) in [5.41, 5.74) is -0.290. The number of aromatic nitrogens is 6. The van der Waals surface area contributed by atoms with Crippen LogP contribution in [0.3, 0.4) is 0 Å². The Labute approximate surface area is 149 Å². The van der Waals surface area contributed by atoms with Crippen molar-refractivity contribution in [3.05, 3.63) is 25.8 Å². The van der Waals surface area contributed by atoms with Crippen molar-refractivity contribution < 1.29 is 4.79 Å². The number of rotatable bonds is 4. The highest BCUT2D eigenvalue weighted by atomic mass is 32.2. The normalized spacial score (nSPS) is 11.2. The lowest BCUT2D eigenvalue weighted by atomic mass is 10.5. The van der Waals surface area contributed by atoms with Crippen molar-refractivity contribution in [2.45, 2.75) is 12.1 Å². The molecule has 132 valence electrons. The van der Waals surface area contributed by atoms with Crippen LogP contribution in [-0.4, -0.2) is 40.5 Å². The summed E-state index contributed by atoms with van der Waals surface area (Å²) in [4.78, 5) is 40.6. The summed E-state index contributed by atoms with van der Waals surface area (Å²) in [5, 5.41) is 12.0. The van der Waals surface area contributed by atoms with E-state index in [2.05, 4.69) is 20.5 Å². The standard InChI is InChI=1S/C13H15N7O3S2/c1-6-16-17-11(25-6)14-7(21)5-24-12-15-8-9(18(12)2)19(3)13(23)20(4)10(8)22/h5H2,1-4H3,(H,14,17,21). The van der Waals surface area contributed by atoms with Gasteiger partial charge in [-0.3, -0.25) is 24.0 Å². The van der Waals surface area contributed by atoms with Crippen LogP contribution in [0.25, 0.3) is 11.2 Å². The summed E-state index contributed by atoms with van der Waals surface area (Å²) in [5.74, 6) is -0.167. The molecule has 0 saturated heterocycles. The Morgan fingerprint density at radius 2 is 1.88 bits per heavy atom. The zero-order valence-corrected chi connectivity index (χ0v) is 15.6. The van der Waals surface area contributed by atoms with Crippen LogP contribution in [-0.2, 0) is 25.9 Å². The first kappa shape index (κ1) is 17.4. The van der Waals surface area contributed by atoms with Crippen LogP contribution in [0.2, 0.25) is 0 Å². The molecule has 3 aromatic heterocycles. The molecule has 10 nitrogen and oxygen atoms in total. The molecular weight excluding hydrogens is 366 g/mol. The van der Waals surface area contributed by atoms with E-state index in [4.69, 9.17) is 0 Å². The fourth-order valence-electron chi connectivity index (χ4n) is 2.32. The lowest BCUT2D eigenvalue weighted by Gasteiger charge is -2.06. The van der Waals surface area contributed by atoms with Gasteiger partial charge in [-0.25, -0.2) is 9.78 Å². The number of nitrogens with zero attached hydrogens (tertiary/aromatic N) is 6. The molecule has 0 aromatic carbocycles. The summed E-state index contributed by atoms with van der Waals surface area (Å²) >= 11 is 2.45. The largest absolute Gasteiger partial charge is 0.332 e. The van der Waals surface area contributed by atoms with Crippen LogP contribution in [0.15, 0.2) is 14.7 Å². The molecule has 0 unspecified atom stereocenters. The van der Waals surface area contributed by atoms with Gasteiger partial charge in [0.25, 0.3) is 5.56 Å². The lowest BCUT2D eigenvalue weighted by Crippen LogP contribution is -2.37. The third-order valence-electron chi connectivity index (χ3n) is 3.53. The average Bonchev–Trinajstić information content (AvgIpc) is 3.12. The van der Waals surface area contributed by atoms with Gasteiger partial charge in [0.05, 0.1) is 5.75 Å². The number of nitrogens with one attached hydrogen (secondary N) is 1. The molecule has 1 N–H and O–H groups in total. The van der Waals surface area contributed by atoms with Crippen molar-refractivity contribution in [2.75, 3.05) is 11.1 Å². The van der Waals surface area contributed by atoms with E-state index in [9.17, 15) is 14.4 Å². The zero-order valence-electron chi connectivity index (χ0n) is 13.9. The number of carbonyl (C=O) groups excluding carboxylic acids is 1. The number of hydrogen-bond donors (Lipinski definition) is 1. The first-order chi connectivity index (χ1) is 11.8. The van der Waals surface area contributed by atoms with Crippen molar-refractivity contribution in [1.82, 2.24) is 28.9 Å². The number of anilines is 1. The molecule has 25 heavy (non-hydrogen) atoms. The van der Waals surface area contributed by atoms with Gasteiger partial charge in [-0.05, 0) is 6.92 Å². The van der Waals surface area contributed by atoms with Gasteiger partial charge in [0.1, 0.15) is 5.01 Å². The third kappa shape index (κ3) is 3.09. The van der Waals surface area contributed by atoms with Crippen LogP contribution in [0.5, 0.6) is 0 Å². The minimum absolute atomic E-state index is 0.0874. The maximum atomic E-state index is 12.2. The Morgan fingerprint density at radius 3 is 2.52 bits per heavy atom. The van der Waals surface area contributed by atoms with Crippen molar-refractivity contribution in [3.63, 3.8) is 0 Å². The molecule has 0 radical (unpaired) electrons. The molecule has 3 heterocycles. The van der Waals surface area contributed by atoms with Crippen molar-refractivity contribution in [1.29, 1.82) is 0 Å². The quantitative estimate of drug-likeness (QED) is 0.625. The summed E-state index contributed by atoms with van der Waals surface area (Å²) in [6, 6.07) is 0. The first-order valence-electron chi connectivity index (χ1n) is 7.14. The molecule has 0 atom stereocenters. The van der Waals surface area contributed by atoms with Crippen molar-refractivity contribution >= 4 is 45.3 Å². The first-order valence-corrected chi connectivity index (χ1v) is 8.95. The Kier molecular flexibility index (Phi) is 4.47. The monoisotopic (exact) mass is 381 g/mol. The zero-order chi connectivity index (χ0) is 18.3. The highest BCUT2D eigenvalue weighted by molar-refractivity contribution is 7.99. The van der Waals surface area contributed by atoms with E-state index in [1.165, 1.54) is 34.7 Å². The molecule has 0 aliphatic carbocycles. The molecule has 3 aromatic rings. The molecule has 0 aliphatic heterocycles. The molecular formula is C13H15N7O3S2. The van der Waals surface area contributed by atoms with Gasteiger partial charge in [0.2, 0.25) is 11.0 Å². The number of fused-ring (bicyclic) bond motifs is 1. The third-order valence-corrected chi connectivity index (χ3v) is 5.31. The smallest absolute Gasteiger partial charge is 0.308 e. The molecule has 0 bridgehead atoms. The molecule has 12 heteroatoms. The van der Waals surface area contributed by atoms with Crippen LogP contribution < -0.4 is 16.6 Å². The van der Waals surface area contributed by atoms with E-state index in [-0.39, 0.29) is 17.2 Å². The van der Waals surface area contributed by atoms with Gasteiger partial charge in [0.15, 0.2) is 16.3 Å². The summed E-state index contributed by atoms with van der Waals surface area (Å²) in [6.45, 7) is 1.80. The van der Waals surface area contributed by atoms with Gasteiger partial charge in [-0.2, -0.15) is 0 Å². The second kappa shape index (κ2) is 6.44. The second-order valence-corrected chi connectivity index (χ2v) is 7.42. The van der Waals surface area contributed by atoms with Gasteiger partial charge in [-0.1, -0.05) is 23.1 Å². The second-order valence-electron chi connectivity index (χ2n) is 5.29. The lowest BCUT2D eigenvalue weighted by molar-refractivity contribution is -0.113. The van der Waals surface area contributed by atoms with Crippen LogP contribution in [0.4, 0.5) is 5.13 Å². The van der Waals surface area contributed by atoms with Crippen molar-refractivity contribution in [2.24, 2.45) is 21.1 Å². The van der Waals surface area contributed by atoms with Gasteiger partial charge in [-0.15, -0.1) is 10.2 Å². The van der Waals surface area contributed by atoms with Gasteiger partial charge < -0.3 is 4.57 Å². The predicted molar refractivity (Wildman–Crippen MR) is 95.2 cm³/mol. The highest BCUT2D eigenvalue weighted by Crippen LogP contribution is 2.21. The molecule has 0 saturated carbocycles. The fraction of sp³-hybridized carbons (Fsp3) is 0.385. The minimum Gasteiger partial charge on any atom is -0.308 e. The SMILES string of the molecule is Cc1nnc(NC(=O)CSc2nc3c(=O)n(C)c(=O)n(C)c3n2C)s1. The number of amides is 1. The Morgan fingerprint density at radius 1 is 1.16 bits per heavy atom.